The second-order valence-electron chi connectivity index (χ2n) is 3.75. The summed E-state index contributed by atoms with van der Waals surface area (Å²) in [7, 11) is 0. The van der Waals surface area contributed by atoms with Crippen LogP contribution in [0.2, 0.25) is 0 Å². The maximum absolute atomic E-state index is 11.4. The Hall–Kier alpha value is -0.610. The molecule has 4 heteroatoms. The molecule has 2 unspecified atom stereocenters. The summed E-state index contributed by atoms with van der Waals surface area (Å²) in [6, 6.07) is -0.376. The topological polar surface area (TPSA) is 64.3 Å². The van der Waals surface area contributed by atoms with Gasteiger partial charge < -0.3 is 15.8 Å². The molecule has 0 saturated carbocycles. The van der Waals surface area contributed by atoms with E-state index in [1.807, 2.05) is 0 Å². The first-order valence-corrected chi connectivity index (χ1v) is 5.41. The summed E-state index contributed by atoms with van der Waals surface area (Å²) < 4.78 is 5.05. The molecule has 1 heterocycles. The van der Waals surface area contributed by atoms with E-state index in [1.165, 1.54) is 0 Å². The van der Waals surface area contributed by atoms with E-state index in [4.69, 9.17) is 10.5 Å². The third-order valence-corrected chi connectivity index (χ3v) is 2.55. The molecule has 1 aliphatic rings. The molecule has 0 spiro atoms. The van der Waals surface area contributed by atoms with Gasteiger partial charge in [-0.3, -0.25) is 4.79 Å². The average Bonchev–Trinajstić information content (AvgIpc) is 2.69. The number of carbonyl (C=O) groups excluding carboxylic acids is 1. The van der Waals surface area contributed by atoms with E-state index in [9.17, 15) is 4.79 Å². The van der Waals surface area contributed by atoms with Crippen molar-refractivity contribution in [2.75, 3.05) is 13.2 Å². The highest BCUT2D eigenvalue weighted by molar-refractivity contribution is 5.76. The first-order valence-electron chi connectivity index (χ1n) is 5.41. The van der Waals surface area contributed by atoms with Crippen molar-refractivity contribution in [2.24, 2.45) is 5.73 Å². The normalized spacial score (nSPS) is 23.4. The number of nitrogens with one attached hydrogen (secondary N) is 1. The predicted molar refractivity (Wildman–Crippen MR) is 54.9 cm³/mol. The van der Waals surface area contributed by atoms with Gasteiger partial charge >= 0.3 is 5.97 Å². The van der Waals surface area contributed by atoms with Crippen molar-refractivity contribution in [1.82, 2.24) is 5.32 Å². The molecule has 82 valence electrons. The Kier molecular flexibility index (Phi) is 4.90. The van der Waals surface area contributed by atoms with Crippen molar-refractivity contribution in [3.63, 3.8) is 0 Å². The zero-order valence-corrected chi connectivity index (χ0v) is 8.79. The molecule has 0 bridgehead atoms. The Morgan fingerprint density at radius 2 is 2.50 bits per heavy atom. The third kappa shape index (κ3) is 3.27. The van der Waals surface area contributed by atoms with Crippen LogP contribution in [0.15, 0.2) is 0 Å². The number of carbonyl (C=O) groups is 1. The molecule has 0 aromatic rings. The van der Waals surface area contributed by atoms with Crippen LogP contribution in [0.4, 0.5) is 0 Å². The molecule has 1 aliphatic heterocycles. The van der Waals surface area contributed by atoms with Crippen LogP contribution in [0, 0.1) is 0 Å². The smallest absolute Gasteiger partial charge is 0.324 e. The monoisotopic (exact) mass is 200 g/mol. The van der Waals surface area contributed by atoms with Crippen LogP contribution in [0.5, 0.6) is 0 Å². The molecular formula is C10H20N2O2. The fourth-order valence-electron chi connectivity index (χ4n) is 1.60. The van der Waals surface area contributed by atoms with Gasteiger partial charge in [0.25, 0.3) is 0 Å². The van der Waals surface area contributed by atoms with Crippen molar-refractivity contribution in [3.05, 3.63) is 0 Å². The number of esters is 1. The maximum Gasteiger partial charge on any atom is 0.324 e. The molecule has 2 atom stereocenters. The third-order valence-electron chi connectivity index (χ3n) is 2.55. The summed E-state index contributed by atoms with van der Waals surface area (Å²) >= 11 is 0. The van der Waals surface area contributed by atoms with Crippen LogP contribution in [-0.2, 0) is 9.53 Å². The summed E-state index contributed by atoms with van der Waals surface area (Å²) in [4.78, 5) is 11.4. The molecule has 0 amide bonds. The van der Waals surface area contributed by atoms with Gasteiger partial charge in [0.05, 0.1) is 6.61 Å². The van der Waals surface area contributed by atoms with Gasteiger partial charge in [0, 0.05) is 6.04 Å². The molecule has 1 rings (SSSR count). The number of ether oxygens (including phenoxy) is 1. The Balaban J connectivity index is 2.21. The van der Waals surface area contributed by atoms with Crippen LogP contribution in [0.25, 0.3) is 0 Å². The zero-order valence-electron chi connectivity index (χ0n) is 8.79. The molecule has 1 fully saturated rings. The van der Waals surface area contributed by atoms with Gasteiger partial charge in [0.2, 0.25) is 0 Å². The lowest BCUT2D eigenvalue weighted by molar-refractivity contribution is -0.146. The van der Waals surface area contributed by atoms with E-state index in [2.05, 4.69) is 12.2 Å². The second kappa shape index (κ2) is 5.98. The minimum atomic E-state index is -0.491. The quantitative estimate of drug-likeness (QED) is 0.498. The number of hydrogen-bond donors (Lipinski definition) is 2. The summed E-state index contributed by atoms with van der Waals surface area (Å²) in [6.07, 6.45) is 4.02. The summed E-state index contributed by atoms with van der Waals surface area (Å²) in [5.74, 6) is -0.266. The van der Waals surface area contributed by atoms with Gasteiger partial charge in [-0.25, -0.2) is 0 Å². The Morgan fingerprint density at radius 1 is 1.71 bits per heavy atom. The van der Waals surface area contributed by atoms with Gasteiger partial charge in [-0.1, -0.05) is 13.3 Å². The maximum atomic E-state index is 11.4. The van der Waals surface area contributed by atoms with Gasteiger partial charge in [0.15, 0.2) is 0 Å². The van der Waals surface area contributed by atoms with E-state index < -0.39 is 6.04 Å². The second-order valence-corrected chi connectivity index (χ2v) is 3.75. The molecule has 0 aromatic heterocycles. The van der Waals surface area contributed by atoms with Crippen LogP contribution in [0.1, 0.15) is 32.6 Å². The van der Waals surface area contributed by atoms with E-state index in [-0.39, 0.29) is 12.0 Å². The van der Waals surface area contributed by atoms with Crippen LogP contribution < -0.4 is 11.1 Å². The molecular weight excluding hydrogens is 180 g/mol. The van der Waals surface area contributed by atoms with Crippen molar-refractivity contribution in [3.8, 4) is 0 Å². The molecule has 4 nitrogen and oxygen atoms in total. The van der Waals surface area contributed by atoms with E-state index in [0.29, 0.717) is 6.61 Å². The lowest BCUT2D eigenvalue weighted by Crippen LogP contribution is -2.47. The summed E-state index contributed by atoms with van der Waals surface area (Å²) in [6.45, 7) is 3.52. The summed E-state index contributed by atoms with van der Waals surface area (Å²) in [5.41, 5.74) is 5.77. The van der Waals surface area contributed by atoms with Gasteiger partial charge in [0.1, 0.15) is 6.04 Å². The highest BCUT2D eigenvalue weighted by Crippen LogP contribution is 2.08. The van der Waals surface area contributed by atoms with E-state index in [0.717, 1.165) is 32.2 Å². The van der Waals surface area contributed by atoms with Crippen molar-refractivity contribution < 1.29 is 9.53 Å². The molecule has 3 N–H and O–H groups in total. The van der Waals surface area contributed by atoms with Crippen LogP contribution in [-0.4, -0.2) is 31.2 Å². The molecule has 14 heavy (non-hydrogen) atoms. The number of hydrogen-bond acceptors (Lipinski definition) is 4. The van der Waals surface area contributed by atoms with Crippen molar-refractivity contribution in [1.29, 1.82) is 0 Å². The number of rotatable bonds is 5. The lowest BCUT2D eigenvalue weighted by Gasteiger charge is -2.17. The molecule has 0 aromatic carbocycles. The van der Waals surface area contributed by atoms with Gasteiger partial charge in [-0.2, -0.15) is 0 Å². The fourth-order valence-corrected chi connectivity index (χ4v) is 1.60. The number of unbranched alkanes of at least 4 members (excludes halogenated alkanes) is 1. The summed E-state index contributed by atoms with van der Waals surface area (Å²) in [5, 5.41) is 3.20. The lowest BCUT2D eigenvalue weighted by atomic mass is 10.1. The Labute approximate surface area is 85.2 Å². The van der Waals surface area contributed by atoms with Gasteiger partial charge in [-0.05, 0) is 25.8 Å². The van der Waals surface area contributed by atoms with E-state index >= 15 is 0 Å². The standard InChI is InChI=1S/C10H20N2O2/c1-2-3-7-14-10(13)9(11)8-5-4-6-12-8/h8-9,12H,2-7,11H2,1H3. The minimum absolute atomic E-state index is 0.115. The number of nitrogens with two attached hydrogens (primary N) is 1. The SMILES string of the molecule is CCCCOC(=O)C(N)C1CCCN1. The largest absolute Gasteiger partial charge is 0.464 e. The molecule has 1 saturated heterocycles. The molecule has 0 radical (unpaired) electrons. The first kappa shape index (κ1) is 11.5. The van der Waals surface area contributed by atoms with Crippen molar-refractivity contribution >= 4 is 5.97 Å². The highest BCUT2D eigenvalue weighted by atomic mass is 16.5. The minimum Gasteiger partial charge on any atom is -0.464 e. The van der Waals surface area contributed by atoms with Crippen LogP contribution in [0.3, 0.4) is 0 Å². The van der Waals surface area contributed by atoms with Gasteiger partial charge in [-0.15, -0.1) is 0 Å². The van der Waals surface area contributed by atoms with E-state index in [1.54, 1.807) is 0 Å². The average molecular weight is 200 g/mol. The van der Waals surface area contributed by atoms with Crippen molar-refractivity contribution in [2.45, 2.75) is 44.7 Å². The Bertz CT molecular complexity index is 179. The van der Waals surface area contributed by atoms with Crippen LogP contribution >= 0.6 is 0 Å². The fraction of sp³-hybridized carbons (Fsp3) is 0.900. The Morgan fingerprint density at radius 3 is 3.07 bits per heavy atom. The molecule has 0 aliphatic carbocycles. The predicted octanol–water partition coefficient (Wildman–Crippen LogP) is 0.409. The highest BCUT2D eigenvalue weighted by Gasteiger charge is 2.27. The zero-order chi connectivity index (χ0) is 10.4. The first-order chi connectivity index (χ1) is 6.75.